The van der Waals surface area contributed by atoms with Crippen molar-refractivity contribution >= 4 is 0 Å². The maximum absolute atomic E-state index is 13.7. The third-order valence-electron chi connectivity index (χ3n) is 2.99. The number of furan rings is 1. The third-order valence-corrected chi connectivity index (χ3v) is 2.99. The standard InChI is InChI=1S/C15H18FNO/c1-3-17-15(13-8-11(2)18-10-13)9-12-6-4-5-7-14(12)16/h4-8,10,15,17H,3,9H2,1-2H3. The van der Waals surface area contributed by atoms with Crippen molar-refractivity contribution in [1.82, 2.24) is 5.32 Å². The molecule has 0 fully saturated rings. The summed E-state index contributed by atoms with van der Waals surface area (Å²) < 4.78 is 19.0. The van der Waals surface area contributed by atoms with Gasteiger partial charge in [-0.25, -0.2) is 4.39 Å². The van der Waals surface area contributed by atoms with E-state index in [1.807, 2.05) is 32.0 Å². The molecule has 0 amide bonds. The second-order valence-corrected chi connectivity index (χ2v) is 4.40. The molecule has 2 aromatic rings. The highest BCUT2D eigenvalue weighted by Crippen LogP contribution is 2.22. The topological polar surface area (TPSA) is 25.2 Å². The molecular weight excluding hydrogens is 229 g/mol. The van der Waals surface area contributed by atoms with Crippen LogP contribution in [0.2, 0.25) is 0 Å². The van der Waals surface area contributed by atoms with Gasteiger partial charge in [0.05, 0.1) is 6.26 Å². The van der Waals surface area contributed by atoms with Crippen LogP contribution in [0.5, 0.6) is 0 Å². The number of hydrogen-bond donors (Lipinski definition) is 1. The Morgan fingerprint density at radius 2 is 2.11 bits per heavy atom. The van der Waals surface area contributed by atoms with E-state index >= 15 is 0 Å². The zero-order valence-electron chi connectivity index (χ0n) is 10.7. The van der Waals surface area contributed by atoms with Crippen LogP contribution in [0.15, 0.2) is 41.0 Å². The molecule has 96 valence electrons. The largest absolute Gasteiger partial charge is 0.469 e. The van der Waals surface area contributed by atoms with Crippen LogP contribution in [0.1, 0.15) is 29.9 Å². The van der Waals surface area contributed by atoms with Gasteiger partial charge in [0.25, 0.3) is 0 Å². The fourth-order valence-corrected chi connectivity index (χ4v) is 2.08. The molecule has 2 nitrogen and oxygen atoms in total. The Bertz CT molecular complexity index is 507. The Labute approximate surface area is 107 Å². The van der Waals surface area contributed by atoms with Gasteiger partial charge < -0.3 is 9.73 Å². The van der Waals surface area contributed by atoms with Crippen molar-refractivity contribution in [2.75, 3.05) is 6.54 Å². The number of hydrogen-bond acceptors (Lipinski definition) is 2. The summed E-state index contributed by atoms with van der Waals surface area (Å²) in [4.78, 5) is 0. The maximum atomic E-state index is 13.7. The molecule has 1 aromatic heterocycles. The van der Waals surface area contributed by atoms with E-state index < -0.39 is 0 Å². The first kappa shape index (κ1) is 12.8. The highest BCUT2D eigenvalue weighted by Gasteiger charge is 2.15. The average molecular weight is 247 g/mol. The van der Waals surface area contributed by atoms with Gasteiger partial charge in [-0.05, 0) is 37.6 Å². The van der Waals surface area contributed by atoms with E-state index in [2.05, 4.69) is 5.32 Å². The molecule has 18 heavy (non-hydrogen) atoms. The second kappa shape index (κ2) is 5.83. The van der Waals surface area contributed by atoms with Gasteiger partial charge in [0.1, 0.15) is 11.6 Å². The van der Waals surface area contributed by atoms with Crippen LogP contribution in [0.3, 0.4) is 0 Å². The summed E-state index contributed by atoms with van der Waals surface area (Å²) in [6.45, 7) is 4.79. The van der Waals surface area contributed by atoms with Crippen molar-refractivity contribution in [3.63, 3.8) is 0 Å². The van der Waals surface area contributed by atoms with Gasteiger partial charge in [0.2, 0.25) is 0 Å². The predicted octanol–water partition coefficient (Wildman–Crippen LogP) is 3.62. The van der Waals surface area contributed by atoms with Crippen LogP contribution in [-0.4, -0.2) is 6.54 Å². The number of aryl methyl sites for hydroxylation is 1. The van der Waals surface area contributed by atoms with Gasteiger partial charge >= 0.3 is 0 Å². The van der Waals surface area contributed by atoms with Gasteiger partial charge in [0.15, 0.2) is 0 Å². The van der Waals surface area contributed by atoms with Crippen LogP contribution >= 0.6 is 0 Å². The Kier molecular flexibility index (Phi) is 4.15. The summed E-state index contributed by atoms with van der Waals surface area (Å²) in [5, 5.41) is 3.36. The molecule has 2 rings (SSSR count). The van der Waals surface area contributed by atoms with Crippen molar-refractivity contribution in [1.29, 1.82) is 0 Å². The Balaban J connectivity index is 2.19. The van der Waals surface area contributed by atoms with E-state index in [0.29, 0.717) is 6.42 Å². The fraction of sp³-hybridized carbons (Fsp3) is 0.333. The predicted molar refractivity (Wildman–Crippen MR) is 70.0 cm³/mol. The van der Waals surface area contributed by atoms with Gasteiger partial charge in [-0.1, -0.05) is 25.1 Å². The minimum Gasteiger partial charge on any atom is -0.469 e. The molecule has 0 aliphatic carbocycles. The zero-order chi connectivity index (χ0) is 13.0. The highest BCUT2D eigenvalue weighted by atomic mass is 19.1. The van der Waals surface area contributed by atoms with Crippen molar-refractivity contribution in [2.24, 2.45) is 0 Å². The lowest BCUT2D eigenvalue weighted by molar-refractivity contribution is 0.504. The minimum atomic E-state index is -0.152. The molecule has 0 saturated heterocycles. The number of rotatable bonds is 5. The minimum absolute atomic E-state index is 0.0874. The third kappa shape index (κ3) is 2.99. The first-order chi connectivity index (χ1) is 8.70. The SMILES string of the molecule is CCNC(Cc1ccccc1F)c1coc(C)c1. The lowest BCUT2D eigenvalue weighted by Gasteiger charge is -2.16. The van der Waals surface area contributed by atoms with Crippen LogP contribution in [-0.2, 0) is 6.42 Å². The van der Waals surface area contributed by atoms with Crippen molar-refractivity contribution < 1.29 is 8.81 Å². The smallest absolute Gasteiger partial charge is 0.126 e. The zero-order valence-corrected chi connectivity index (χ0v) is 10.7. The molecule has 0 saturated carbocycles. The number of benzene rings is 1. The molecule has 0 spiro atoms. The summed E-state index contributed by atoms with van der Waals surface area (Å²) in [7, 11) is 0. The Morgan fingerprint density at radius 1 is 1.33 bits per heavy atom. The first-order valence-electron chi connectivity index (χ1n) is 6.22. The van der Waals surface area contributed by atoms with Gasteiger partial charge in [-0.3, -0.25) is 0 Å². The van der Waals surface area contributed by atoms with Crippen LogP contribution < -0.4 is 5.32 Å². The lowest BCUT2D eigenvalue weighted by atomic mass is 10.0. The normalized spacial score (nSPS) is 12.6. The van der Waals surface area contributed by atoms with Crippen molar-refractivity contribution in [3.8, 4) is 0 Å². The molecule has 1 unspecified atom stereocenters. The molecule has 1 N–H and O–H groups in total. The van der Waals surface area contributed by atoms with E-state index in [0.717, 1.165) is 23.4 Å². The Hall–Kier alpha value is -1.61. The number of nitrogens with one attached hydrogen (secondary N) is 1. The number of likely N-dealkylation sites (N-methyl/N-ethyl adjacent to an activating group) is 1. The van der Waals surface area contributed by atoms with E-state index in [9.17, 15) is 4.39 Å². The second-order valence-electron chi connectivity index (χ2n) is 4.40. The van der Waals surface area contributed by atoms with Crippen molar-refractivity contribution in [2.45, 2.75) is 26.3 Å². The molecule has 0 aliphatic rings. The van der Waals surface area contributed by atoms with E-state index in [4.69, 9.17) is 4.42 Å². The first-order valence-corrected chi connectivity index (χ1v) is 6.22. The number of halogens is 1. The summed E-state index contributed by atoms with van der Waals surface area (Å²) in [6, 6.07) is 8.98. The van der Waals surface area contributed by atoms with Crippen LogP contribution in [0, 0.1) is 12.7 Å². The van der Waals surface area contributed by atoms with Crippen molar-refractivity contribution in [3.05, 3.63) is 59.3 Å². The Morgan fingerprint density at radius 3 is 2.72 bits per heavy atom. The molecule has 3 heteroatoms. The van der Waals surface area contributed by atoms with E-state index in [-0.39, 0.29) is 11.9 Å². The van der Waals surface area contributed by atoms with Gasteiger partial charge in [0, 0.05) is 11.6 Å². The monoisotopic (exact) mass is 247 g/mol. The molecule has 1 heterocycles. The summed E-state index contributed by atoms with van der Waals surface area (Å²) >= 11 is 0. The summed E-state index contributed by atoms with van der Waals surface area (Å²) in [5.74, 6) is 0.724. The molecule has 1 atom stereocenters. The van der Waals surface area contributed by atoms with E-state index in [1.54, 1.807) is 12.3 Å². The highest BCUT2D eigenvalue weighted by molar-refractivity contribution is 5.23. The fourth-order valence-electron chi connectivity index (χ4n) is 2.08. The molecule has 0 bridgehead atoms. The molecule has 1 aromatic carbocycles. The quantitative estimate of drug-likeness (QED) is 0.873. The molecule has 0 radical (unpaired) electrons. The molecule has 0 aliphatic heterocycles. The summed E-state index contributed by atoms with van der Waals surface area (Å²) in [6.07, 6.45) is 2.36. The summed E-state index contributed by atoms with van der Waals surface area (Å²) in [5.41, 5.74) is 1.79. The molecular formula is C15H18FNO. The van der Waals surface area contributed by atoms with Gasteiger partial charge in [-0.15, -0.1) is 0 Å². The van der Waals surface area contributed by atoms with Gasteiger partial charge in [-0.2, -0.15) is 0 Å². The van der Waals surface area contributed by atoms with E-state index in [1.165, 1.54) is 6.07 Å². The lowest BCUT2D eigenvalue weighted by Crippen LogP contribution is -2.22. The average Bonchev–Trinajstić information content (AvgIpc) is 2.78. The van der Waals surface area contributed by atoms with Crippen LogP contribution in [0.4, 0.5) is 4.39 Å². The maximum Gasteiger partial charge on any atom is 0.126 e. The van der Waals surface area contributed by atoms with Crippen LogP contribution in [0.25, 0.3) is 0 Å².